The lowest BCUT2D eigenvalue weighted by atomic mass is 10.1. The van der Waals surface area contributed by atoms with Crippen LogP contribution in [-0.4, -0.2) is 30.3 Å². The van der Waals surface area contributed by atoms with Crippen molar-refractivity contribution in [2.24, 2.45) is 0 Å². The van der Waals surface area contributed by atoms with Gasteiger partial charge in [0.1, 0.15) is 10.7 Å². The predicted molar refractivity (Wildman–Crippen MR) is 146 cm³/mol. The standard InChI is InChI=1S/C29H26ClN3O5/c1-3-16-38-29(37)19-10-12-21(13-11-19)32-26(34)20-6-5-7-22(17-20)31-25-24(30)27(35)33(28(25)36)23-14-8-18(4-2)9-15-23/h5-15,17,31H,3-4,16H2,1-2H3,(H,32,34). The van der Waals surface area contributed by atoms with Crippen LogP contribution in [0.3, 0.4) is 0 Å². The van der Waals surface area contributed by atoms with E-state index in [9.17, 15) is 19.2 Å². The van der Waals surface area contributed by atoms with Crippen LogP contribution in [0.4, 0.5) is 17.1 Å². The summed E-state index contributed by atoms with van der Waals surface area (Å²) in [5, 5.41) is 5.42. The Balaban J connectivity index is 1.45. The molecule has 0 aromatic heterocycles. The lowest BCUT2D eigenvalue weighted by Gasteiger charge is -2.15. The molecule has 0 atom stereocenters. The highest BCUT2D eigenvalue weighted by Gasteiger charge is 2.39. The minimum absolute atomic E-state index is 0.0701. The van der Waals surface area contributed by atoms with Crippen molar-refractivity contribution in [3.63, 3.8) is 0 Å². The smallest absolute Gasteiger partial charge is 0.338 e. The Morgan fingerprint density at radius 1 is 0.868 bits per heavy atom. The molecule has 3 aromatic rings. The van der Waals surface area contributed by atoms with Gasteiger partial charge in [0.25, 0.3) is 17.7 Å². The third-order valence-corrected chi connectivity index (χ3v) is 6.19. The Bertz CT molecular complexity index is 1410. The van der Waals surface area contributed by atoms with Crippen molar-refractivity contribution in [3.8, 4) is 0 Å². The Morgan fingerprint density at radius 2 is 1.58 bits per heavy atom. The molecule has 0 fully saturated rings. The molecule has 0 saturated heterocycles. The second kappa shape index (κ2) is 11.7. The highest BCUT2D eigenvalue weighted by atomic mass is 35.5. The number of benzene rings is 3. The number of aryl methyl sites for hydroxylation is 1. The van der Waals surface area contributed by atoms with Crippen LogP contribution in [0, 0.1) is 0 Å². The zero-order valence-corrected chi connectivity index (χ0v) is 21.7. The highest BCUT2D eigenvalue weighted by Crippen LogP contribution is 2.30. The average Bonchev–Trinajstić information content (AvgIpc) is 3.15. The number of halogens is 1. The van der Waals surface area contributed by atoms with Crippen molar-refractivity contribution in [1.82, 2.24) is 0 Å². The number of carbonyl (C=O) groups excluding carboxylic acids is 4. The zero-order valence-electron chi connectivity index (χ0n) is 20.9. The van der Waals surface area contributed by atoms with Crippen molar-refractivity contribution < 1.29 is 23.9 Å². The molecule has 1 heterocycles. The monoisotopic (exact) mass is 531 g/mol. The van der Waals surface area contributed by atoms with E-state index in [0.29, 0.717) is 34.8 Å². The first-order valence-corrected chi connectivity index (χ1v) is 12.5. The third-order valence-electron chi connectivity index (χ3n) is 5.84. The Morgan fingerprint density at radius 3 is 2.24 bits per heavy atom. The number of nitrogens with zero attached hydrogens (tertiary/aromatic N) is 1. The van der Waals surface area contributed by atoms with Gasteiger partial charge in [-0.2, -0.15) is 0 Å². The lowest BCUT2D eigenvalue weighted by molar-refractivity contribution is -0.120. The number of amides is 3. The van der Waals surface area contributed by atoms with Crippen molar-refractivity contribution in [2.75, 3.05) is 22.1 Å². The topological polar surface area (TPSA) is 105 Å². The Hall–Kier alpha value is -4.43. The van der Waals surface area contributed by atoms with Gasteiger partial charge in [-0.05, 0) is 73.0 Å². The van der Waals surface area contributed by atoms with Crippen LogP contribution < -0.4 is 15.5 Å². The van der Waals surface area contributed by atoms with E-state index in [1.807, 2.05) is 26.0 Å². The van der Waals surface area contributed by atoms with E-state index < -0.39 is 23.7 Å². The molecule has 3 aromatic carbocycles. The number of nitrogens with one attached hydrogen (secondary N) is 2. The molecular weight excluding hydrogens is 506 g/mol. The first-order valence-electron chi connectivity index (χ1n) is 12.2. The summed E-state index contributed by atoms with van der Waals surface area (Å²) < 4.78 is 5.10. The first-order chi connectivity index (χ1) is 18.3. The number of imide groups is 1. The molecule has 1 aliphatic rings. The number of hydrogen-bond donors (Lipinski definition) is 2. The molecule has 0 saturated carbocycles. The van der Waals surface area contributed by atoms with Gasteiger partial charge in [0, 0.05) is 16.9 Å². The summed E-state index contributed by atoms with van der Waals surface area (Å²) in [6.07, 6.45) is 1.56. The molecule has 0 unspecified atom stereocenters. The van der Waals surface area contributed by atoms with Crippen LogP contribution in [0.1, 0.15) is 46.5 Å². The third kappa shape index (κ3) is 5.76. The van der Waals surface area contributed by atoms with E-state index >= 15 is 0 Å². The van der Waals surface area contributed by atoms with Crippen molar-refractivity contribution in [2.45, 2.75) is 26.7 Å². The maximum atomic E-state index is 13.1. The van der Waals surface area contributed by atoms with E-state index in [1.54, 1.807) is 60.7 Å². The molecule has 2 N–H and O–H groups in total. The maximum Gasteiger partial charge on any atom is 0.338 e. The SMILES string of the molecule is CCCOC(=O)c1ccc(NC(=O)c2cccc(NC3=C(Cl)C(=O)N(c4ccc(CC)cc4)C3=O)c2)cc1. The molecule has 0 bridgehead atoms. The summed E-state index contributed by atoms with van der Waals surface area (Å²) in [6.45, 7) is 4.26. The quantitative estimate of drug-likeness (QED) is 0.279. The molecule has 8 nitrogen and oxygen atoms in total. The average molecular weight is 532 g/mol. The van der Waals surface area contributed by atoms with Crippen LogP contribution in [0.2, 0.25) is 0 Å². The fourth-order valence-corrected chi connectivity index (χ4v) is 3.99. The highest BCUT2D eigenvalue weighted by molar-refractivity contribution is 6.53. The van der Waals surface area contributed by atoms with Crippen molar-refractivity contribution in [3.05, 3.63) is 100 Å². The predicted octanol–water partition coefficient (Wildman–Crippen LogP) is 5.50. The van der Waals surface area contributed by atoms with Crippen molar-refractivity contribution >= 4 is 52.4 Å². The second-order valence-corrected chi connectivity index (χ2v) is 8.91. The number of rotatable bonds is 9. The largest absolute Gasteiger partial charge is 0.462 e. The molecular formula is C29H26ClN3O5. The fraction of sp³-hybridized carbons (Fsp3) is 0.172. The molecule has 194 valence electrons. The van der Waals surface area contributed by atoms with E-state index in [1.165, 1.54) is 0 Å². The Kier molecular flexibility index (Phi) is 8.23. The second-order valence-electron chi connectivity index (χ2n) is 8.53. The summed E-state index contributed by atoms with van der Waals surface area (Å²) in [6, 6.07) is 19.9. The molecule has 0 spiro atoms. The van der Waals surface area contributed by atoms with Gasteiger partial charge in [0.05, 0.1) is 17.9 Å². The molecule has 4 rings (SSSR count). The molecule has 9 heteroatoms. The van der Waals surface area contributed by atoms with E-state index in [-0.39, 0.29) is 10.7 Å². The van der Waals surface area contributed by atoms with Gasteiger partial charge < -0.3 is 15.4 Å². The van der Waals surface area contributed by atoms with E-state index in [2.05, 4.69) is 10.6 Å². The van der Waals surface area contributed by atoms with Crippen molar-refractivity contribution in [1.29, 1.82) is 0 Å². The van der Waals surface area contributed by atoms with Gasteiger partial charge in [-0.25, -0.2) is 9.69 Å². The summed E-state index contributed by atoms with van der Waals surface area (Å²) >= 11 is 6.24. The first kappa shape index (κ1) is 26.6. The number of ether oxygens (including phenoxy) is 1. The van der Waals surface area contributed by atoms with Gasteiger partial charge in [-0.15, -0.1) is 0 Å². The molecule has 1 aliphatic heterocycles. The summed E-state index contributed by atoms with van der Waals surface area (Å²) in [7, 11) is 0. The van der Waals surface area contributed by atoms with Gasteiger partial charge in [-0.3, -0.25) is 14.4 Å². The molecule has 0 aliphatic carbocycles. The van der Waals surface area contributed by atoms with Gasteiger partial charge in [0.2, 0.25) is 0 Å². The van der Waals surface area contributed by atoms with Gasteiger partial charge >= 0.3 is 5.97 Å². The minimum atomic E-state index is -0.626. The Labute approximate surface area is 225 Å². The van der Waals surface area contributed by atoms with Crippen LogP contribution in [-0.2, 0) is 20.7 Å². The van der Waals surface area contributed by atoms with E-state index in [4.69, 9.17) is 16.3 Å². The number of anilines is 3. The molecule has 3 amide bonds. The van der Waals surface area contributed by atoms with E-state index in [0.717, 1.165) is 23.3 Å². The lowest BCUT2D eigenvalue weighted by Crippen LogP contribution is -2.32. The molecule has 0 radical (unpaired) electrons. The van der Waals surface area contributed by atoms with Gasteiger partial charge in [0.15, 0.2) is 0 Å². The van der Waals surface area contributed by atoms with Crippen LogP contribution >= 0.6 is 11.6 Å². The molecule has 38 heavy (non-hydrogen) atoms. The summed E-state index contributed by atoms with van der Waals surface area (Å²) in [5.74, 6) is -2.04. The summed E-state index contributed by atoms with van der Waals surface area (Å²) in [5.41, 5.74) is 3.02. The van der Waals surface area contributed by atoms with Crippen LogP contribution in [0.5, 0.6) is 0 Å². The summed E-state index contributed by atoms with van der Waals surface area (Å²) in [4.78, 5) is 51.6. The minimum Gasteiger partial charge on any atom is -0.462 e. The van der Waals surface area contributed by atoms with Crippen LogP contribution in [0.15, 0.2) is 83.5 Å². The normalized spacial score (nSPS) is 13.1. The number of hydrogen-bond acceptors (Lipinski definition) is 6. The number of carbonyl (C=O) groups is 4. The number of esters is 1. The van der Waals surface area contributed by atoms with Crippen LogP contribution in [0.25, 0.3) is 0 Å². The fourth-order valence-electron chi connectivity index (χ4n) is 3.78. The van der Waals surface area contributed by atoms with Gasteiger partial charge in [-0.1, -0.05) is 43.6 Å². The maximum absolute atomic E-state index is 13.1. The zero-order chi connectivity index (χ0) is 27.2.